The lowest BCUT2D eigenvalue weighted by molar-refractivity contribution is -0.143. The van der Waals surface area contributed by atoms with Crippen molar-refractivity contribution < 1.29 is 14.7 Å². The van der Waals surface area contributed by atoms with E-state index in [1.165, 1.54) is 4.90 Å². The Kier molecular flexibility index (Phi) is 4.24. The molecule has 1 aliphatic heterocycles. The number of carboxylic acids is 1. The smallest absolute Gasteiger partial charge is 0.326 e. The molecule has 0 spiro atoms. The number of likely N-dealkylation sites (tertiary alicyclic amines) is 1. The predicted octanol–water partition coefficient (Wildman–Crippen LogP) is 2.84. The van der Waals surface area contributed by atoms with Crippen molar-refractivity contribution in [2.75, 3.05) is 6.54 Å². The first-order valence-corrected chi connectivity index (χ1v) is 7.10. The number of amides is 1. The average molecular weight is 326 g/mol. The average Bonchev–Trinajstić information content (AvgIpc) is 2.38. The molecule has 0 aliphatic carbocycles. The van der Waals surface area contributed by atoms with Gasteiger partial charge in [0.05, 0.1) is 0 Å². The van der Waals surface area contributed by atoms with Gasteiger partial charge in [-0.15, -0.1) is 0 Å². The predicted molar refractivity (Wildman–Crippen MR) is 75.2 cm³/mol. The van der Waals surface area contributed by atoms with Crippen molar-refractivity contribution in [2.45, 2.75) is 32.2 Å². The molecular formula is C14H16BrNO3. The fourth-order valence-electron chi connectivity index (χ4n) is 2.45. The minimum Gasteiger partial charge on any atom is -0.480 e. The first kappa shape index (κ1) is 14.1. The number of hydrogen-bond donors (Lipinski definition) is 1. The lowest BCUT2D eigenvalue weighted by Gasteiger charge is -2.33. The van der Waals surface area contributed by atoms with Gasteiger partial charge in [0.25, 0.3) is 5.91 Å². The number of carbonyl (C=O) groups excluding carboxylic acids is 1. The Bertz CT molecular complexity index is 515. The highest BCUT2D eigenvalue weighted by atomic mass is 79.9. The molecule has 4 nitrogen and oxygen atoms in total. The third kappa shape index (κ3) is 2.97. The van der Waals surface area contributed by atoms with Crippen molar-refractivity contribution in [3.05, 3.63) is 33.8 Å². The molecule has 5 heteroatoms. The van der Waals surface area contributed by atoms with Crippen LogP contribution in [0.2, 0.25) is 0 Å². The van der Waals surface area contributed by atoms with Gasteiger partial charge in [-0.3, -0.25) is 4.79 Å². The number of carbonyl (C=O) groups is 2. The summed E-state index contributed by atoms with van der Waals surface area (Å²) in [6.45, 7) is 2.38. The summed E-state index contributed by atoms with van der Waals surface area (Å²) in [7, 11) is 0. The maximum absolute atomic E-state index is 12.5. The number of carboxylic acid groups (broad SMARTS) is 1. The molecule has 2 rings (SSSR count). The van der Waals surface area contributed by atoms with Crippen LogP contribution in [0.5, 0.6) is 0 Å². The summed E-state index contributed by atoms with van der Waals surface area (Å²) in [6, 6.07) is 4.73. The molecule has 0 saturated carbocycles. The molecular weight excluding hydrogens is 310 g/mol. The second-order valence-corrected chi connectivity index (χ2v) is 5.72. The Morgan fingerprint density at radius 1 is 1.37 bits per heavy atom. The first-order valence-electron chi connectivity index (χ1n) is 6.30. The topological polar surface area (TPSA) is 57.6 Å². The molecule has 1 N–H and O–H groups in total. The third-order valence-corrected chi connectivity index (χ3v) is 3.96. The van der Waals surface area contributed by atoms with E-state index in [2.05, 4.69) is 15.9 Å². The standard InChI is InChI=1S/C14H16BrNO3/c1-9-8-10(15)5-6-11(9)13(17)16-7-3-2-4-12(16)14(18)19/h5-6,8,12H,2-4,7H2,1H3,(H,18,19)/t12-/m1/s1. The van der Waals surface area contributed by atoms with Crippen LogP contribution in [0.25, 0.3) is 0 Å². The van der Waals surface area contributed by atoms with Gasteiger partial charge in [-0.2, -0.15) is 0 Å². The van der Waals surface area contributed by atoms with E-state index in [9.17, 15) is 14.7 Å². The number of aryl methyl sites for hydroxylation is 1. The van der Waals surface area contributed by atoms with Gasteiger partial charge in [0.15, 0.2) is 0 Å². The summed E-state index contributed by atoms with van der Waals surface area (Å²) in [5.41, 5.74) is 1.44. The van der Waals surface area contributed by atoms with E-state index >= 15 is 0 Å². The monoisotopic (exact) mass is 325 g/mol. The number of hydrogen-bond acceptors (Lipinski definition) is 2. The fraction of sp³-hybridized carbons (Fsp3) is 0.429. The third-order valence-electron chi connectivity index (χ3n) is 3.47. The zero-order valence-corrected chi connectivity index (χ0v) is 12.3. The van der Waals surface area contributed by atoms with E-state index < -0.39 is 12.0 Å². The minimum absolute atomic E-state index is 0.183. The van der Waals surface area contributed by atoms with Crippen LogP contribution in [-0.2, 0) is 4.79 Å². The molecule has 1 fully saturated rings. The number of benzene rings is 1. The van der Waals surface area contributed by atoms with Crippen LogP contribution in [0.3, 0.4) is 0 Å². The van der Waals surface area contributed by atoms with Gasteiger partial charge in [0.1, 0.15) is 6.04 Å². The zero-order chi connectivity index (χ0) is 14.0. The lowest BCUT2D eigenvalue weighted by atomic mass is 9.99. The second-order valence-electron chi connectivity index (χ2n) is 4.81. The van der Waals surface area contributed by atoms with Crippen molar-refractivity contribution >= 4 is 27.8 Å². The summed E-state index contributed by atoms with van der Waals surface area (Å²) in [6.07, 6.45) is 2.27. The number of piperidine rings is 1. The molecule has 0 aromatic heterocycles. The summed E-state index contributed by atoms with van der Waals surface area (Å²) >= 11 is 3.36. The van der Waals surface area contributed by atoms with E-state index in [1.54, 1.807) is 12.1 Å². The minimum atomic E-state index is -0.914. The molecule has 1 amide bonds. The molecule has 1 aromatic carbocycles. The molecule has 1 aliphatic rings. The molecule has 0 unspecified atom stereocenters. The van der Waals surface area contributed by atoms with Crippen molar-refractivity contribution in [1.29, 1.82) is 0 Å². The highest BCUT2D eigenvalue weighted by Crippen LogP contribution is 2.23. The normalized spacial score (nSPS) is 19.3. The molecule has 1 atom stereocenters. The Labute approximate surface area is 120 Å². The Morgan fingerprint density at radius 3 is 2.74 bits per heavy atom. The molecule has 0 radical (unpaired) electrons. The van der Waals surface area contributed by atoms with Crippen LogP contribution in [0.15, 0.2) is 22.7 Å². The summed E-state index contributed by atoms with van der Waals surface area (Å²) in [4.78, 5) is 25.2. The van der Waals surface area contributed by atoms with Crippen LogP contribution < -0.4 is 0 Å². The first-order chi connectivity index (χ1) is 9.00. The molecule has 1 heterocycles. The van der Waals surface area contributed by atoms with Gasteiger partial charge in [0.2, 0.25) is 0 Å². The van der Waals surface area contributed by atoms with Gasteiger partial charge in [-0.25, -0.2) is 4.79 Å². The van der Waals surface area contributed by atoms with Gasteiger partial charge in [0, 0.05) is 16.6 Å². The summed E-state index contributed by atoms with van der Waals surface area (Å²) < 4.78 is 0.912. The van der Waals surface area contributed by atoms with Crippen LogP contribution in [0, 0.1) is 6.92 Å². The van der Waals surface area contributed by atoms with Crippen molar-refractivity contribution in [1.82, 2.24) is 4.90 Å². The summed E-state index contributed by atoms with van der Waals surface area (Å²) in [5.74, 6) is -1.10. The Morgan fingerprint density at radius 2 is 2.11 bits per heavy atom. The van der Waals surface area contributed by atoms with Crippen molar-refractivity contribution in [3.8, 4) is 0 Å². The van der Waals surface area contributed by atoms with Crippen LogP contribution in [0.4, 0.5) is 0 Å². The quantitative estimate of drug-likeness (QED) is 0.909. The largest absolute Gasteiger partial charge is 0.480 e. The van der Waals surface area contributed by atoms with Crippen molar-refractivity contribution in [3.63, 3.8) is 0 Å². The Balaban J connectivity index is 2.28. The van der Waals surface area contributed by atoms with Gasteiger partial charge < -0.3 is 10.0 Å². The van der Waals surface area contributed by atoms with Crippen LogP contribution in [0.1, 0.15) is 35.2 Å². The molecule has 0 bridgehead atoms. The van der Waals surface area contributed by atoms with Crippen molar-refractivity contribution in [2.24, 2.45) is 0 Å². The Hall–Kier alpha value is -1.36. The van der Waals surface area contributed by atoms with E-state index in [0.29, 0.717) is 18.5 Å². The number of nitrogens with zero attached hydrogens (tertiary/aromatic N) is 1. The SMILES string of the molecule is Cc1cc(Br)ccc1C(=O)N1CCCC[C@@H]1C(=O)O. The maximum atomic E-state index is 12.5. The van der Waals surface area contributed by atoms with Gasteiger partial charge in [-0.1, -0.05) is 15.9 Å². The zero-order valence-electron chi connectivity index (χ0n) is 10.7. The highest BCUT2D eigenvalue weighted by Gasteiger charge is 2.32. The number of halogens is 1. The van der Waals surface area contributed by atoms with Gasteiger partial charge in [-0.05, 0) is 49.9 Å². The van der Waals surface area contributed by atoms with E-state index in [4.69, 9.17) is 0 Å². The lowest BCUT2D eigenvalue weighted by Crippen LogP contribution is -2.48. The fourth-order valence-corrected chi connectivity index (χ4v) is 2.93. The van der Waals surface area contributed by atoms with E-state index in [-0.39, 0.29) is 5.91 Å². The molecule has 1 saturated heterocycles. The highest BCUT2D eigenvalue weighted by molar-refractivity contribution is 9.10. The maximum Gasteiger partial charge on any atom is 0.326 e. The van der Waals surface area contributed by atoms with E-state index in [1.807, 2.05) is 13.0 Å². The van der Waals surface area contributed by atoms with E-state index in [0.717, 1.165) is 22.9 Å². The van der Waals surface area contributed by atoms with Crippen LogP contribution >= 0.6 is 15.9 Å². The molecule has 19 heavy (non-hydrogen) atoms. The van der Waals surface area contributed by atoms with Crippen LogP contribution in [-0.4, -0.2) is 34.5 Å². The number of rotatable bonds is 2. The molecule has 1 aromatic rings. The van der Waals surface area contributed by atoms with Gasteiger partial charge >= 0.3 is 5.97 Å². The second kappa shape index (κ2) is 5.74. The number of aliphatic carboxylic acids is 1. The summed E-state index contributed by atoms with van der Waals surface area (Å²) in [5, 5.41) is 9.22. The molecule has 102 valence electrons.